The van der Waals surface area contributed by atoms with Gasteiger partial charge in [0, 0.05) is 0 Å². The molecule has 0 heterocycles. The van der Waals surface area contributed by atoms with Crippen LogP contribution in [0.1, 0.15) is 18.4 Å². The van der Waals surface area contributed by atoms with E-state index in [0.717, 1.165) is 5.56 Å². The van der Waals surface area contributed by atoms with E-state index in [2.05, 4.69) is 0 Å². The predicted octanol–water partition coefficient (Wildman–Crippen LogP) is 1.33. The Labute approximate surface area is 95.7 Å². The van der Waals surface area contributed by atoms with Crippen LogP contribution >= 0.6 is 0 Å². The fourth-order valence-electron chi connectivity index (χ4n) is 2.15. The summed E-state index contributed by atoms with van der Waals surface area (Å²) in [5.74, 6) is 0.286. The van der Waals surface area contributed by atoms with Crippen LogP contribution in [0.25, 0.3) is 0 Å². The molecule has 3 heteroatoms. The molecule has 0 bridgehead atoms. The molecule has 1 aliphatic carbocycles. The van der Waals surface area contributed by atoms with Crippen LogP contribution < -0.4 is 0 Å². The van der Waals surface area contributed by atoms with Crippen molar-refractivity contribution in [3.05, 3.63) is 35.9 Å². The molecule has 3 nitrogen and oxygen atoms in total. The number of aliphatic hydroxyl groups excluding tert-OH is 2. The minimum absolute atomic E-state index is 0.286. The molecule has 0 aromatic heterocycles. The van der Waals surface area contributed by atoms with Crippen molar-refractivity contribution in [2.45, 2.75) is 31.7 Å². The van der Waals surface area contributed by atoms with Crippen molar-refractivity contribution in [3.8, 4) is 0 Å². The van der Waals surface area contributed by atoms with Gasteiger partial charge < -0.3 is 14.9 Å². The second kappa shape index (κ2) is 5.43. The van der Waals surface area contributed by atoms with Gasteiger partial charge >= 0.3 is 0 Å². The second-order valence-corrected chi connectivity index (χ2v) is 4.47. The normalized spacial score (nSPS) is 26.1. The second-order valence-electron chi connectivity index (χ2n) is 4.47. The Hall–Kier alpha value is -0.900. The number of benzene rings is 1. The number of hydrogen-bond acceptors (Lipinski definition) is 3. The lowest BCUT2D eigenvalue weighted by molar-refractivity contribution is 0.0438. The van der Waals surface area contributed by atoms with E-state index in [-0.39, 0.29) is 5.92 Å². The molecule has 1 aromatic rings. The van der Waals surface area contributed by atoms with Gasteiger partial charge in [0.1, 0.15) is 0 Å². The largest absolute Gasteiger partial charge is 0.390 e. The van der Waals surface area contributed by atoms with Crippen LogP contribution in [-0.4, -0.2) is 29.0 Å². The zero-order chi connectivity index (χ0) is 11.4. The maximum atomic E-state index is 9.38. The molecule has 88 valence electrons. The SMILES string of the molecule is O[C@H]1CC(COCc2ccccc2)C[C@@H]1O. The van der Waals surface area contributed by atoms with Crippen molar-refractivity contribution >= 4 is 0 Å². The van der Waals surface area contributed by atoms with Gasteiger partial charge in [-0.05, 0) is 24.3 Å². The Morgan fingerprint density at radius 2 is 1.69 bits per heavy atom. The van der Waals surface area contributed by atoms with Gasteiger partial charge in [0.15, 0.2) is 0 Å². The molecule has 0 radical (unpaired) electrons. The van der Waals surface area contributed by atoms with Crippen LogP contribution in [0.4, 0.5) is 0 Å². The fraction of sp³-hybridized carbons (Fsp3) is 0.538. The van der Waals surface area contributed by atoms with Crippen LogP contribution in [0.15, 0.2) is 30.3 Å². The van der Waals surface area contributed by atoms with Gasteiger partial charge in [-0.15, -0.1) is 0 Å². The Morgan fingerprint density at radius 1 is 1.06 bits per heavy atom. The first kappa shape index (κ1) is 11.6. The van der Waals surface area contributed by atoms with Crippen LogP contribution in [0, 0.1) is 5.92 Å². The maximum Gasteiger partial charge on any atom is 0.0802 e. The highest BCUT2D eigenvalue weighted by Crippen LogP contribution is 2.26. The summed E-state index contributed by atoms with van der Waals surface area (Å²) in [6.07, 6.45) is 0.169. The van der Waals surface area contributed by atoms with Crippen molar-refractivity contribution in [2.75, 3.05) is 6.61 Å². The van der Waals surface area contributed by atoms with Crippen molar-refractivity contribution < 1.29 is 14.9 Å². The average molecular weight is 222 g/mol. The number of rotatable bonds is 4. The molecule has 0 spiro atoms. The highest BCUT2D eigenvalue weighted by Gasteiger charge is 2.31. The summed E-state index contributed by atoms with van der Waals surface area (Å²) in [4.78, 5) is 0. The molecule has 2 rings (SSSR count). The monoisotopic (exact) mass is 222 g/mol. The zero-order valence-electron chi connectivity index (χ0n) is 9.25. The first-order chi connectivity index (χ1) is 7.75. The molecule has 1 aromatic carbocycles. The summed E-state index contributed by atoms with van der Waals surface area (Å²) in [6.45, 7) is 1.21. The molecule has 0 amide bonds. The first-order valence-electron chi connectivity index (χ1n) is 5.73. The molecule has 1 saturated carbocycles. The van der Waals surface area contributed by atoms with E-state index >= 15 is 0 Å². The van der Waals surface area contributed by atoms with E-state index in [0.29, 0.717) is 26.1 Å². The molecule has 1 fully saturated rings. The van der Waals surface area contributed by atoms with Gasteiger partial charge in [0.05, 0.1) is 25.4 Å². The van der Waals surface area contributed by atoms with Crippen LogP contribution in [0.5, 0.6) is 0 Å². The molecule has 2 N–H and O–H groups in total. The van der Waals surface area contributed by atoms with Gasteiger partial charge in [-0.2, -0.15) is 0 Å². The fourth-order valence-corrected chi connectivity index (χ4v) is 2.15. The molecular weight excluding hydrogens is 204 g/mol. The van der Waals surface area contributed by atoms with Gasteiger partial charge in [0.2, 0.25) is 0 Å². The lowest BCUT2D eigenvalue weighted by atomic mass is 10.1. The number of ether oxygens (including phenoxy) is 1. The van der Waals surface area contributed by atoms with Crippen molar-refractivity contribution in [3.63, 3.8) is 0 Å². The van der Waals surface area contributed by atoms with Gasteiger partial charge in [-0.3, -0.25) is 0 Å². The molecule has 0 aliphatic heterocycles. The molecular formula is C13H18O3. The summed E-state index contributed by atoms with van der Waals surface area (Å²) in [6, 6.07) is 10.0. The number of aliphatic hydroxyl groups is 2. The van der Waals surface area contributed by atoms with E-state index in [4.69, 9.17) is 4.74 Å². The highest BCUT2D eigenvalue weighted by molar-refractivity contribution is 5.13. The van der Waals surface area contributed by atoms with E-state index in [1.807, 2.05) is 30.3 Å². The third-order valence-electron chi connectivity index (χ3n) is 3.06. The maximum absolute atomic E-state index is 9.38. The number of hydrogen-bond donors (Lipinski definition) is 2. The average Bonchev–Trinajstić information content (AvgIpc) is 2.60. The predicted molar refractivity (Wildman–Crippen MR) is 60.8 cm³/mol. The highest BCUT2D eigenvalue weighted by atomic mass is 16.5. The standard InChI is InChI=1S/C13H18O3/c14-12-6-11(7-13(12)15)9-16-8-10-4-2-1-3-5-10/h1-5,11-15H,6-9H2/t12-,13-/m0/s1. The minimum atomic E-state index is -0.565. The summed E-state index contributed by atoms with van der Waals surface area (Å²) in [5.41, 5.74) is 1.15. The van der Waals surface area contributed by atoms with E-state index < -0.39 is 12.2 Å². The summed E-state index contributed by atoms with van der Waals surface area (Å²) >= 11 is 0. The topological polar surface area (TPSA) is 49.7 Å². The Balaban J connectivity index is 1.69. The van der Waals surface area contributed by atoms with Crippen LogP contribution in [-0.2, 0) is 11.3 Å². The Morgan fingerprint density at radius 3 is 2.31 bits per heavy atom. The molecule has 2 atom stereocenters. The van der Waals surface area contributed by atoms with Crippen molar-refractivity contribution in [1.29, 1.82) is 0 Å². The van der Waals surface area contributed by atoms with E-state index in [9.17, 15) is 10.2 Å². The van der Waals surface area contributed by atoms with Crippen LogP contribution in [0.2, 0.25) is 0 Å². The van der Waals surface area contributed by atoms with Gasteiger partial charge in [-0.1, -0.05) is 30.3 Å². The van der Waals surface area contributed by atoms with Crippen molar-refractivity contribution in [2.24, 2.45) is 5.92 Å². The minimum Gasteiger partial charge on any atom is -0.390 e. The van der Waals surface area contributed by atoms with Gasteiger partial charge in [-0.25, -0.2) is 0 Å². The summed E-state index contributed by atoms with van der Waals surface area (Å²) in [5, 5.41) is 18.8. The lowest BCUT2D eigenvalue weighted by Crippen LogP contribution is -2.17. The summed E-state index contributed by atoms with van der Waals surface area (Å²) < 4.78 is 5.58. The lowest BCUT2D eigenvalue weighted by Gasteiger charge is -2.09. The smallest absolute Gasteiger partial charge is 0.0802 e. The van der Waals surface area contributed by atoms with E-state index in [1.54, 1.807) is 0 Å². The molecule has 0 unspecified atom stereocenters. The molecule has 1 aliphatic rings. The van der Waals surface area contributed by atoms with Crippen molar-refractivity contribution in [1.82, 2.24) is 0 Å². The van der Waals surface area contributed by atoms with Gasteiger partial charge in [0.25, 0.3) is 0 Å². The molecule has 16 heavy (non-hydrogen) atoms. The first-order valence-corrected chi connectivity index (χ1v) is 5.73. The zero-order valence-corrected chi connectivity index (χ0v) is 9.25. The third-order valence-corrected chi connectivity index (χ3v) is 3.06. The Kier molecular flexibility index (Phi) is 3.93. The van der Waals surface area contributed by atoms with Crippen LogP contribution in [0.3, 0.4) is 0 Å². The van der Waals surface area contributed by atoms with E-state index in [1.165, 1.54) is 0 Å². The third kappa shape index (κ3) is 3.04. The Bertz CT molecular complexity index is 302. The molecule has 0 saturated heterocycles. The summed E-state index contributed by atoms with van der Waals surface area (Å²) in [7, 11) is 0. The quantitative estimate of drug-likeness (QED) is 0.808.